The number of rotatable bonds is 5. The Morgan fingerprint density at radius 1 is 1.33 bits per heavy atom. The molecule has 1 aromatic carbocycles. The van der Waals surface area contributed by atoms with Crippen LogP contribution < -0.4 is 0 Å². The van der Waals surface area contributed by atoms with Gasteiger partial charge in [0.1, 0.15) is 5.82 Å². The van der Waals surface area contributed by atoms with E-state index in [1.165, 1.54) is 22.6 Å². The van der Waals surface area contributed by atoms with Crippen LogP contribution in [0, 0.1) is 10.6 Å². The number of thiophene rings is 1. The predicted octanol–water partition coefficient (Wildman–Crippen LogP) is 5.04. The first-order valence-corrected chi connectivity index (χ1v) is 10.2. The lowest BCUT2D eigenvalue weighted by Crippen LogP contribution is -2.35. The highest BCUT2D eigenvalue weighted by Gasteiger charge is 2.25. The molecule has 0 saturated carbocycles. The zero-order valence-corrected chi connectivity index (χ0v) is 16.8. The first-order chi connectivity index (χ1) is 13.1. The second-order valence-corrected chi connectivity index (χ2v) is 8.06. The summed E-state index contributed by atoms with van der Waals surface area (Å²) < 4.78 is 17.8. The van der Waals surface area contributed by atoms with E-state index < -0.39 is 0 Å². The van der Waals surface area contributed by atoms with Crippen molar-refractivity contribution in [3.63, 3.8) is 0 Å². The molecule has 7 heteroatoms. The number of benzene rings is 1. The fourth-order valence-corrected chi connectivity index (χ4v) is 4.79. The van der Waals surface area contributed by atoms with E-state index in [0.717, 1.165) is 24.4 Å². The number of nitrogens with zero attached hydrogens (tertiary/aromatic N) is 4. The molecule has 0 unspecified atom stereocenters. The SMILES string of the molecule is C=CCn1c(-c2ccc(F)cc2)nn(CN2CCc3sccc3[C@@H]2C)c1=S. The molecule has 0 saturated heterocycles. The molecule has 4 nitrogen and oxygen atoms in total. The number of hydrogen-bond donors (Lipinski definition) is 0. The van der Waals surface area contributed by atoms with E-state index >= 15 is 0 Å². The minimum atomic E-state index is -0.263. The summed E-state index contributed by atoms with van der Waals surface area (Å²) in [5.41, 5.74) is 2.25. The third-order valence-electron chi connectivity index (χ3n) is 5.06. The predicted molar refractivity (Wildman–Crippen MR) is 110 cm³/mol. The van der Waals surface area contributed by atoms with E-state index in [1.54, 1.807) is 18.2 Å². The molecule has 0 aliphatic carbocycles. The third kappa shape index (κ3) is 3.42. The molecule has 3 aromatic rings. The van der Waals surface area contributed by atoms with E-state index in [0.29, 0.717) is 24.0 Å². The standard InChI is InChI=1S/C20H21FN4S2/c1-3-10-24-19(15-4-6-16(21)7-5-15)22-25(20(24)26)13-23-11-8-18-17(14(23)2)9-12-27-18/h3-7,9,12,14H,1,8,10-11,13H2,2H3/t14-/m0/s1. The van der Waals surface area contributed by atoms with Gasteiger partial charge in [0.25, 0.3) is 0 Å². The summed E-state index contributed by atoms with van der Waals surface area (Å²) in [6.07, 6.45) is 2.86. The molecule has 2 aromatic heterocycles. The Morgan fingerprint density at radius 2 is 2.11 bits per heavy atom. The highest BCUT2D eigenvalue weighted by atomic mass is 32.1. The summed E-state index contributed by atoms with van der Waals surface area (Å²) in [5.74, 6) is 0.474. The van der Waals surface area contributed by atoms with Gasteiger partial charge in [0.2, 0.25) is 0 Å². The Morgan fingerprint density at radius 3 is 2.85 bits per heavy atom. The van der Waals surface area contributed by atoms with Gasteiger partial charge in [0, 0.05) is 29.6 Å². The van der Waals surface area contributed by atoms with Gasteiger partial charge in [-0.1, -0.05) is 6.08 Å². The van der Waals surface area contributed by atoms with Crippen LogP contribution in [0.2, 0.25) is 0 Å². The van der Waals surface area contributed by atoms with Gasteiger partial charge in [-0.25, -0.2) is 9.07 Å². The topological polar surface area (TPSA) is 26.0 Å². The van der Waals surface area contributed by atoms with Gasteiger partial charge in [0.05, 0.1) is 6.67 Å². The summed E-state index contributed by atoms with van der Waals surface area (Å²) in [5, 5.41) is 6.94. The molecular weight excluding hydrogens is 379 g/mol. The van der Waals surface area contributed by atoms with Gasteiger partial charge in [-0.2, -0.15) is 5.10 Å². The van der Waals surface area contributed by atoms with E-state index in [4.69, 9.17) is 17.3 Å². The Kier molecular flexibility index (Phi) is 5.08. The maximum absolute atomic E-state index is 13.3. The average Bonchev–Trinajstić information content (AvgIpc) is 3.26. The minimum Gasteiger partial charge on any atom is -0.296 e. The lowest BCUT2D eigenvalue weighted by Gasteiger charge is -2.33. The van der Waals surface area contributed by atoms with Crippen molar-refractivity contribution in [2.24, 2.45) is 0 Å². The third-order valence-corrected chi connectivity index (χ3v) is 6.48. The molecule has 27 heavy (non-hydrogen) atoms. The Hall–Kier alpha value is -2.09. The molecule has 0 N–H and O–H groups in total. The molecular formula is C20H21FN4S2. The molecule has 0 spiro atoms. The van der Waals surface area contributed by atoms with Crippen molar-refractivity contribution in [2.75, 3.05) is 6.54 Å². The zero-order valence-electron chi connectivity index (χ0n) is 15.1. The van der Waals surface area contributed by atoms with Crippen LogP contribution in [0.1, 0.15) is 23.4 Å². The van der Waals surface area contributed by atoms with E-state index in [-0.39, 0.29) is 5.82 Å². The monoisotopic (exact) mass is 400 g/mol. The van der Waals surface area contributed by atoms with Crippen LogP contribution >= 0.6 is 23.6 Å². The van der Waals surface area contributed by atoms with Crippen LogP contribution in [-0.2, 0) is 19.6 Å². The van der Waals surface area contributed by atoms with Crippen molar-refractivity contribution in [3.05, 3.63) is 69.4 Å². The van der Waals surface area contributed by atoms with Gasteiger partial charge in [0.15, 0.2) is 10.6 Å². The van der Waals surface area contributed by atoms with Crippen molar-refractivity contribution in [1.29, 1.82) is 0 Å². The van der Waals surface area contributed by atoms with Gasteiger partial charge in [-0.05, 0) is 66.8 Å². The number of aromatic nitrogens is 3. The number of fused-ring (bicyclic) bond motifs is 1. The van der Waals surface area contributed by atoms with Crippen molar-refractivity contribution in [3.8, 4) is 11.4 Å². The van der Waals surface area contributed by atoms with Crippen LogP contribution in [0.3, 0.4) is 0 Å². The lowest BCUT2D eigenvalue weighted by molar-refractivity contribution is 0.144. The Balaban J connectivity index is 1.67. The molecule has 3 heterocycles. The first kappa shape index (κ1) is 18.3. The lowest BCUT2D eigenvalue weighted by atomic mass is 10.0. The van der Waals surface area contributed by atoms with E-state index in [9.17, 15) is 4.39 Å². The molecule has 1 aliphatic heterocycles. The molecule has 0 radical (unpaired) electrons. The van der Waals surface area contributed by atoms with Crippen molar-refractivity contribution >= 4 is 23.6 Å². The number of allylic oxidation sites excluding steroid dienone is 1. The minimum absolute atomic E-state index is 0.263. The molecule has 1 atom stereocenters. The average molecular weight is 401 g/mol. The maximum Gasteiger partial charge on any atom is 0.199 e. The second-order valence-electron chi connectivity index (χ2n) is 6.69. The van der Waals surface area contributed by atoms with Crippen LogP contribution in [0.5, 0.6) is 0 Å². The molecule has 4 rings (SSSR count). The highest BCUT2D eigenvalue weighted by molar-refractivity contribution is 7.71. The van der Waals surface area contributed by atoms with Crippen LogP contribution in [0.25, 0.3) is 11.4 Å². The Bertz CT molecular complexity index is 1020. The summed E-state index contributed by atoms with van der Waals surface area (Å²) >= 11 is 7.53. The van der Waals surface area contributed by atoms with Gasteiger partial charge < -0.3 is 0 Å². The fraction of sp³-hybridized carbons (Fsp3) is 0.300. The molecule has 0 bridgehead atoms. The Labute approximate surface area is 167 Å². The molecule has 1 aliphatic rings. The number of halogens is 1. The van der Waals surface area contributed by atoms with Crippen LogP contribution in [0.4, 0.5) is 4.39 Å². The van der Waals surface area contributed by atoms with E-state index in [2.05, 4.69) is 29.8 Å². The highest BCUT2D eigenvalue weighted by Crippen LogP contribution is 2.33. The summed E-state index contributed by atoms with van der Waals surface area (Å²) in [7, 11) is 0. The normalized spacial score (nSPS) is 17.0. The number of hydrogen-bond acceptors (Lipinski definition) is 4. The van der Waals surface area contributed by atoms with Gasteiger partial charge in [-0.3, -0.25) is 9.47 Å². The van der Waals surface area contributed by atoms with Crippen molar-refractivity contribution in [2.45, 2.75) is 32.6 Å². The van der Waals surface area contributed by atoms with Crippen molar-refractivity contribution in [1.82, 2.24) is 19.2 Å². The quantitative estimate of drug-likeness (QED) is 0.443. The molecule has 140 valence electrons. The van der Waals surface area contributed by atoms with E-state index in [1.807, 2.05) is 20.6 Å². The molecule has 0 fully saturated rings. The van der Waals surface area contributed by atoms with Crippen LogP contribution in [0.15, 0.2) is 48.4 Å². The summed E-state index contributed by atoms with van der Waals surface area (Å²) in [4.78, 5) is 3.87. The van der Waals surface area contributed by atoms with Gasteiger partial charge >= 0.3 is 0 Å². The fourth-order valence-electron chi connectivity index (χ4n) is 3.57. The maximum atomic E-state index is 13.3. The smallest absolute Gasteiger partial charge is 0.199 e. The largest absolute Gasteiger partial charge is 0.296 e. The molecule has 0 amide bonds. The zero-order chi connectivity index (χ0) is 19.0. The van der Waals surface area contributed by atoms with Gasteiger partial charge in [-0.15, -0.1) is 17.9 Å². The summed E-state index contributed by atoms with van der Waals surface area (Å²) in [6.45, 7) is 8.24. The first-order valence-electron chi connectivity index (χ1n) is 8.93. The van der Waals surface area contributed by atoms with Crippen molar-refractivity contribution < 1.29 is 4.39 Å². The summed E-state index contributed by atoms with van der Waals surface area (Å²) in [6, 6.07) is 8.91. The van der Waals surface area contributed by atoms with Crippen LogP contribution in [-0.4, -0.2) is 25.8 Å². The second kappa shape index (κ2) is 7.50.